The molecule has 0 amide bonds. The summed E-state index contributed by atoms with van der Waals surface area (Å²) in [6.45, 7) is 4.65. The van der Waals surface area contributed by atoms with Crippen LogP contribution < -0.4 is 4.90 Å². The molecule has 0 bridgehead atoms. The average Bonchev–Trinajstić information content (AvgIpc) is 2.74. The monoisotopic (exact) mass is 292 g/mol. The Kier molecular flexibility index (Phi) is 3.63. The first-order valence-electron chi connectivity index (χ1n) is 8.42. The summed E-state index contributed by atoms with van der Waals surface area (Å²) < 4.78 is 0. The van der Waals surface area contributed by atoms with Gasteiger partial charge in [0.05, 0.1) is 0 Å². The smallest absolute Gasteiger partial charge is 0.0402 e. The quantitative estimate of drug-likeness (QED) is 0.797. The van der Waals surface area contributed by atoms with Crippen molar-refractivity contribution in [2.45, 2.75) is 19.3 Å². The number of fused-ring (bicyclic) bond motifs is 2. The van der Waals surface area contributed by atoms with E-state index in [4.69, 9.17) is 0 Å². The Labute approximate surface area is 133 Å². The predicted octanol–water partition coefficient (Wildman–Crippen LogP) is 3.13. The molecule has 0 atom stereocenters. The van der Waals surface area contributed by atoms with E-state index in [2.05, 4.69) is 59.3 Å². The number of piperazine rings is 1. The van der Waals surface area contributed by atoms with E-state index in [9.17, 15) is 0 Å². The number of aryl methyl sites for hydroxylation is 1. The van der Waals surface area contributed by atoms with Gasteiger partial charge in [-0.1, -0.05) is 36.4 Å². The van der Waals surface area contributed by atoms with Gasteiger partial charge in [0.25, 0.3) is 0 Å². The molecule has 114 valence electrons. The Morgan fingerprint density at radius 2 is 1.45 bits per heavy atom. The first kappa shape index (κ1) is 13.8. The second-order valence-electron chi connectivity index (χ2n) is 6.65. The highest BCUT2D eigenvalue weighted by molar-refractivity contribution is 5.59. The van der Waals surface area contributed by atoms with Crippen LogP contribution in [0.5, 0.6) is 0 Å². The predicted molar refractivity (Wildman–Crippen MR) is 92.8 cm³/mol. The number of benzene rings is 2. The lowest BCUT2D eigenvalue weighted by molar-refractivity contribution is 0.312. The van der Waals surface area contributed by atoms with Gasteiger partial charge in [-0.2, -0.15) is 0 Å². The van der Waals surface area contributed by atoms with Crippen LogP contribution in [0.4, 0.5) is 5.69 Å². The van der Waals surface area contributed by atoms with Crippen LogP contribution in [-0.2, 0) is 19.3 Å². The number of anilines is 1. The fourth-order valence-corrected chi connectivity index (χ4v) is 3.86. The van der Waals surface area contributed by atoms with Gasteiger partial charge in [-0.25, -0.2) is 0 Å². The minimum absolute atomic E-state index is 1.09. The number of nitrogens with zero attached hydrogens (tertiary/aromatic N) is 2. The van der Waals surface area contributed by atoms with Crippen LogP contribution in [0.3, 0.4) is 0 Å². The van der Waals surface area contributed by atoms with E-state index in [1.54, 1.807) is 5.56 Å². The largest absolute Gasteiger partial charge is 0.369 e. The van der Waals surface area contributed by atoms with Gasteiger partial charge in [0, 0.05) is 31.9 Å². The Bertz CT molecular complexity index is 669. The molecule has 1 aliphatic carbocycles. The fraction of sp³-hybridized carbons (Fsp3) is 0.400. The van der Waals surface area contributed by atoms with Crippen molar-refractivity contribution in [3.8, 4) is 0 Å². The molecular weight excluding hydrogens is 268 g/mol. The summed E-state index contributed by atoms with van der Waals surface area (Å²) in [5, 5.41) is 0. The SMILES string of the molecule is CN1CCN(c2cccc3c2CCc2ccccc2C3)CC1. The van der Waals surface area contributed by atoms with E-state index in [-0.39, 0.29) is 0 Å². The number of hydrogen-bond donors (Lipinski definition) is 0. The molecule has 0 saturated carbocycles. The van der Waals surface area contributed by atoms with Crippen molar-refractivity contribution in [3.05, 3.63) is 64.7 Å². The molecule has 0 N–H and O–H groups in total. The van der Waals surface area contributed by atoms with E-state index in [0.717, 1.165) is 19.5 Å². The summed E-state index contributed by atoms with van der Waals surface area (Å²) in [6.07, 6.45) is 3.44. The molecule has 2 aromatic rings. The van der Waals surface area contributed by atoms with Crippen LogP contribution in [0.2, 0.25) is 0 Å². The highest BCUT2D eigenvalue weighted by Crippen LogP contribution is 2.31. The summed E-state index contributed by atoms with van der Waals surface area (Å²) in [5.74, 6) is 0. The summed E-state index contributed by atoms with van der Waals surface area (Å²) >= 11 is 0. The Morgan fingerprint density at radius 3 is 2.27 bits per heavy atom. The van der Waals surface area contributed by atoms with Crippen molar-refractivity contribution < 1.29 is 0 Å². The van der Waals surface area contributed by atoms with Crippen molar-refractivity contribution in [3.63, 3.8) is 0 Å². The van der Waals surface area contributed by atoms with E-state index in [1.165, 1.54) is 48.3 Å². The van der Waals surface area contributed by atoms with E-state index in [0.29, 0.717) is 0 Å². The fourth-order valence-electron chi connectivity index (χ4n) is 3.86. The zero-order chi connectivity index (χ0) is 14.9. The molecule has 1 saturated heterocycles. The Morgan fingerprint density at radius 1 is 0.727 bits per heavy atom. The third-order valence-electron chi connectivity index (χ3n) is 5.24. The normalized spacial score (nSPS) is 18.5. The maximum Gasteiger partial charge on any atom is 0.0402 e. The number of rotatable bonds is 1. The molecule has 1 fully saturated rings. The summed E-state index contributed by atoms with van der Waals surface area (Å²) in [4.78, 5) is 5.02. The molecule has 0 radical (unpaired) electrons. The van der Waals surface area contributed by atoms with Gasteiger partial charge in [0.15, 0.2) is 0 Å². The maximum atomic E-state index is 2.59. The lowest BCUT2D eigenvalue weighted by Crippen LogP contribution is -2.44. The minimum Gasteiger partial charge on any atom is -0.369 e. The van der Waals surface area contributed by atoms with Crippen LogP contribution in [0.1, 0.15) is 22.3 Å². The van der Waals surface area contributed by atoms with Crippen LogP contribution in [0.15, 0.2) is 42.5 Å². The molecule has 2 heteroatoms. The van der Waals surface area contributed by atoms with Gasteiger partial charge in [0.1, 0.15) is 0 Å². The lowest BCUT2D eigenvalue weighted by atomic mass is 9.98. The molecule has 4 rings (SSSR count). The Balaban J connectivity index is 1.68. The molecule has 2 aliphatic rings. The third kappa shape index (κ3) is 2.52. The van der Waals surface area contributed by atoms with Crippen molar-refractivity contribution in [1.82, 2.24) is 4.90 Å². The second kappa shape index (κ2) is 5.77. The molecule has 0 spiro atoms. The van der Waals surface area contributed by atoms with E-state index < -0.39 is 0 Å². The standard InChI is InChI=1S/C20H24N2/c1-21-11-13-22(14-12-21)20-8-4-7-18-15-17-6-3-2-5-16(17)9-10-19(18)20/h2-8H,9-15H2,1H3. The molecule has 22 heavy (non-hydrogen) atoms. The molecule has 0 aromatic heterocycles. The van der Waals surface area contributed by atoms with Crippen LogP contribution in [-0.4, -0.2) is 38.1 Å². The molecule has 0 unspecified atom stereocenters. The second-order valence-corrected chi connectivity index (χ2v) is 6.65. The van der Waals surface area contributed by atoms with Crippen LogP contribution >= 0.6 is 0 Å². The highest BCUT2D eigenvalue weighted by Gasteiger charge is 2.20. The molecule has 2 nitrogen and oxygen atoms in total. The molecule has 2 aromatic carbocycles. The summed E-state index contributed by atoms with van der Waals surface area (Å²) in [6, 6.07) is 15.9. The topological polar surface area (TPSA) is 6.48 Å². The van der Waals surface area contributed by atoms with Gasteiger partial charge in [-0.3, -0.25) is 0 Å². The van der Waals surface area contributed by atoms with Crippen LogP contribution in [0.25, 0.3) is 0 Å². The number of likely N-dealkylation sites (N-methyl/N-ethyl adjacent to an activating group) is 1. The third-order valence-corrected chi connectivity index (χ3v) is 5.24. The molecular formula is C20H24N2. The highest BCUT2D eigenvalue weighted by atomic mass is 15.2. The van der Waals surface area contributed by atoms with Crippen molar-refractivity contribution >= 4 is 5.69 Å². The molecule has 1 aliphatic heterocycles. The van der Waals surface area contributed by atoms with E-state index >= 15 is 0 Å². The van der Waals surface area contributed by atoms with E-state index in [1.807, 2.05) is 0 Å². The van der Waals surface area contributed by atoms with Crippen LogP contribution in [0, 0.1) is 0 Å². The first-order valence-corrected chi connectivity index (χ1v) is 8.42. The van der Waals surface area contributed by atoms with Gasteiger partial charge in [-0.15, -0.1) is 0 Å². The van der Waals surface area contributed by atoms with Crippen molar-refractivity contribution in [2.75, 3.05) is 38.1 Å². The van der Waals surface area contributed by atoms with Gasteiger partial charge in [0.2, 0.25) is 0 Å². The zero-order valence-electron chi connectivity index (χ0n) is 13.4. The zero-order valence-corrected chi connectivity index (χ0v) is 13.4. The summed E-state index contributed by atoms with van der Waals surface area (Å²) in [7, 11) is 2.22. The van der Waals surface area contributed by atoms with Gasteiger partial charge in [-0.05, 0) is 54.6 Å². The first-order chi connectivity index (χ1) is 10.8. The maximum absolute atomic E-state index is 2.59. The average molecular weight is 292 g/mol. The lowest BCUT2D eigenvalue weighted by Gasteiger charge is -2.35. The molecule has 1 heterocycles. The van der Waals surface area contributed by atoms with Gasteiger partial charge < -0.3 is 9.80 Å². The number of hydrogen-bond acceptors (Lipinski definition) is 2. The van der Waals surface area contributed by atoms with Crippen molar-refractivity contribution in [2.24, 2.45) is 0 Å². The summed E-state index contributed by atoms with van der Waals surface area (Å²) in [5.41, 5.74) is 7.64. The van der Waals surface area contributed by atoms with Gasteiger partial charge >= 0.3 is 0 Å². The minimum atomic E-state index is 1.09. The van der Waals surface area contributed by atoms with Crippen molar-refractivity contribution in [1.29, 1.82) is 0 Å². The Hall–Kier alpha value is -1.80.